The lowest BCUT2D eigenvalue weighted by atomic mass is 9.98. The van der Waals surface area contributed by atoms with Gasteiger partial charge in [-0.05, 0) is 17.9 Å². The molecule has 2 unspecified atom stereocenters. The van der Waals surface area contributed by atoms with E-state index in [0.717, 1.165) is 6.42 Å². The van der Waals surface area contributed by atoms with Gasteiger partial charge in [-0.3, -0.25) is 0 Å². The van der Waals surface area contributed by atoms with Gasteiger partial charge in [0.2, 0.25) is 6.36 Å². The van der Waals surface area contributed by atoms with Crippen LogP contribution in [0.3, 0.4) is 0 Å². The van der Waals surface area contributed by atoms with E-state index in [9.17, 15) is 4.39 Å². The Kier molecular flexibility index (Phi) is 3.43. The van der Waals surface area contributed by atoms with Gasteiger partial charge in [-0.2, -0.15) is 0 Å². The molecule has 0 heterocycles. The summed E-state index contributed by atoms with van der Waals surface area (Å²) in [5, 5.41) is 8.64. The monoisotopic (exact) mass is 182 g/mol. The molecular formula is C11H15FO. The van der Waals surface area contributed by atoms with Gasteiger partial charge in [0.25, 0.3) is 0 Å². The van der Waals surface area contributed by atoms with Crippen molar-refractivity contribution in [3.8, 4) is 0 Å². The average molecular weight is 182 g/mol. The molecule has 1 nitrogen and oxygen atoms in total. The van der Waals surface area contributed by atoms with E-state index in [4.69, 9.17) is 5.11 Å². The molecule has 1 N–H and O–H groups in total. The number of aliphatic hydroxyl groups excluding tert-OH is 1. The van der Waals surface area contributed by atoms with Gasteiger partial charge >= 0.3 is 0 Å². The molecule has 0 radical (unpaired) electrons. The van der Waals surface area contributed by atoms with Crippen LogP contribution in [0.1, 0.15) is 43.7 Å². The summed E-state index contributed by atoms with van der Waals surface area (Å²) < 4.78 is 12.4. The third-order valence-electron chi connectivity index (χ3n) is 2.39. The van der Waals surface area contributed by atoms with E-state index in [1.165, 1.54) is 5.56 Å². The summed E-state index contributed by atoms with van der Waals surface area (Å²) in [5.74, 6) is 0.491. The maximum Gasteiger partial charge on any atom is 0.222 e. The second-order valence-electron chi connectivity index (χ2n) is 3.31. The normalized spacial score (nSPS) is 15.4. The lowest BCUT2D eigenvalue weighted by Crippen LogP contribution is -1.93. The summed E-state index contributed by atoms with van der Waals surface area (Å²) >= 11 is 0. The molecule has 0 aromatic heterocycles. The largest absolute Gasteiger partial charge is 0.360 e. The third-order valence-corrected chi connectivity index (χ3v) is 2.39. The lowest BCUT2D eigenvalue weighted by molar-refractivity contribution is 0.0411. The zero-order chi connectivity index (χ0) is 9.84. The zero-order valence-electron chi connectivity index (χ0n) is 8.00. The van der Waals surface area contributed by atoms with Crippen LogP contribution < -0.4 is 0 Å². The van der Waals surface area contributed by atoms with Crippen molar-refractivity contribution in [1.82, 2.24) is 0 Å². The van der Waals surface area contributed by atoms with Crippen LogP contribution >= 0.6 is 0 Å². The maximum atomic E-state index is 12.4. The molecule has 13 heavy (non-hydrogen) atoms. The summed E-state index contributed by atoms with van der Waals surface area (Å²) in [6.45, 7) is 4.24. The molecule has 0 amide bonds. The molecule has 0 fully saturated rings. The Labute approximate surface area is 78.2 Å². The van der Waals surface area contributed by atoms with Crippen molar-refractivity contribution in [3.63, 3.8) is 0 Å². The Morgan fingerprint density at radius 2 is 1.69 bits per heavy atom. The minimum Gasteiger partial charge on any atom is -0.360 e. The first kappa shape index (κ1) is 10.2. The van der Waals surface area contributed by atoms with Gasteiger partial charge < -0.3 is 5.11 Å². The number of alkyl halides is 1. The summed E-state index contributed by atoms with van der Waals surface area (Å²) in [4.78, 5) is 0. The maximum absolute atomic E-state index is 12.4. The quantitative estimate of drug-likeness (QED) is 0.761. The van der Waals surface area contributed by atoms with Gasteiger partial charge in [-0.1, -0.05) is 38.1 Å². The highest BCUT2D eigenvalue weighted by Crippen LogP contribution is 2.21. The van der Waals surface area contributed by atoms with Crippen molar-refractivity contribution in [3.05, 3.63) is 35.4 Å². The van der Waals surface area contributed by atoms with Crippen LogP contribution in [0.25, 0.3) is 0 Å². The van der Waals surface area contributed by atoms with Crippen LogP contribution in [0.15, 0.2) is 24.3 Å². The topological polar surface area (TPSA) is 20.2 Å². The summed E-state index contributed by atoms with van der Waals surface area (Å²) in [6.07, 6.45) is -0.789. The van der Waals surface area contributed by atoms with E-state index in [1.54, 1.807) is 12.1 Å². The second kappa shape index (κ2) is 4.38. The fourth-order valence-corrected chi connectivity index (χ4v) is 1.22. The predicted molar refractivity (Wildman–Crippen MR) is 51.2 cm³/mol. The second-order valence-corrected chi connectivity index (χ2v) is 3.31. The average Bonchev–Trinajstić information content (AvgIpc) is 2.17. The molecule has 0 bridgehead atoms. The number of hydrogen-bond donors (Lipinski definition) is 1. The molecule has 1 aromatic rings. The van der Waals surface area contributed by atoms with Crippen molar-refractivity contribution in [2.75, 3.05) is 0 Å². The fraction of sp³-hybridized carbons (Fsp3) is 0.455. The van der Waals surface area contributed by atoms with Crippen molar-refractivity contribution in [2.24, 2.45) is 0 Å². The van der Waals surface area contributed by atoms with E-state index in [0.29, 0.717) is 11.5 Å². The third kappa shape index (κ3) is 2.52. The van der Waals surface area contributed by atoms with Crippen molar-refractivity contribution < 1.29 is 9.50 Å². The lowest BCUT2D eigenvalue weighted by Gasteiger charge is -2.09. The van der Waals surface area contributed by atoms with E-state index < -0.39 is 6.36 Å². The highest BCUT2D eigenvalue weighted by Gasteiger charge is 2.06. The molecule has 72 valence electrons. The number of aliphatic hydroxyl groups is 1. The van der Waals surface area contributed by atoms with E-state index in [-0.39, 0.29) is 0 Å². The van der Waals surface area contributed by atoms with E-state index in [1.807, 2.05) is 12.1 Å². The first-order chi connectivity index (χ1) is 6.15. The summed E-state index contributed by atoms with van der Waals surface area (Å²) in [7, 11) is 0. The van der Waals surface area contributed by atoms with Crippen molar-refractivity contribution >= 4 is 0 Å². The van der Waals surface area contributed by atoms with Gasteiger partial charge in [-0.15, -0.1) is 0 Å². The van der Waals surface area contributed by atoms with Gasteiger partial charge in [-0.25, -0.2) is 4.39 Å². The van der Waals surface area contributed by atoms with Crippen molar-refractivity contribution in [2.45, 2.75) is 32.5 Å². The highest BCUT2D eigenvalue weighted by atomic mass is 19.1. The Morgan fingerprint density at radius 1 is 1.23 bits per heavy atom. The molecule has 0 aliphatic carbocycles. The molecule has 0 saturated carbocycles. The van der Waals surface area contributed by atoms with Gasteiger partial charge in [0.1, 0.15) is 0 Å². The van der Waals surface area contributed by atoms with Crippen LogP contribution in [0.4, 0.5) is 4.39 Å². The van der Waals surface area contributed by atoms with Crippen LogP contribution in [0.5, 0.6) is 0 Å². The van der Waals surface area contributed by atoms with Gasteiger partial charge in [0.05, 0.1) is 0 Å². The molecule has 0 spiro atoms. The van der Waals surface area contributed by atoms with E-state index in [2.05, 4.69) is 13.8 Å². The first-order valence-electron chi connectivity index (χ1n) is 4.57. The molecule has 0 aliphatic heterocycles. The minimum atomic E-state index is -1.86. The highest BCUT2D eigenvalue weighted by molar-refractivity contribution is 5.25. The molecule has 1 rings (SSSR count). The van der Waals surface area contributed by atoms with Crippen LogP contribution in [-0.2, 0) is 0 Å². The Bertz CT molecular complexity index is 253. The van der Waals surface area contributed by atoms with Crippen molar-refractivity contribution in [1.29, 1.82) is 0 Å². The summed E-state index contributed by atoms with van der Waals surface area (Å²) in [5.41, 5.74) is 1.51. The molecule has 2 heteroatoms. The predicted octanol–water partition coefficient (Wildman–Crippen LogP) is 3.16. The Morgan fingerprint density at radius 3 is 2.08 bits per heavy atom. The van der Waals surface area contributed by atoms with E-state index >= 15 is 0 Å². The number of hydrogen-bond acceptors (Lipinski definition) is 1. The molecule has 0 saturated heterocycles. The minimum absolute atomic E-state index is 0.326. The standard InChI is InChI=1S/C11H15FO/c1-3-8(2)9-4-6-10(7-5-9)11(12)13/h4-8,11,13H,3H2,1-2H3. The zero-order valence-corrected chi connectivity index (χ0v) is 8.00. The molecule has 1 aromatic carbocycles. The Hall–Kier alpha value is -0.890. The summed E-state index contributed by atoms with van der Waals surface area (Å²) in [6, 6.07) is 7.00. The first-order valence-corrected chi connectivity index (χ1v) is 4.57. The number of benzene rings is 1. The van der Waals surface area contributed by atoms with Crippen LogP contribution in [0, 0.1) is 0 Å². The van der Waals surface area contributed by atoms with Crippen LogP contribution in [-0.4, -0.2) is 5.11 Å². The van der Waals surface area contributed by atoms with Gasteiger partial charge in [0.15, 0.2) is 0 Å². The van der Waals surface area contributed by atoms with Crippen LogP contribution in [0.2, 0.25) is 0 Å². The fourth-order valence-electron chi connectivity index (χ4n) is 1.22. The van der Waals surface area contributed by atoms with Gasteiger partial charge in [0, 0.05) is 5.56 Å². The molecule has 2 atom stereocenters. The number of rotatable bonds is 3. The molecule has 0 aliphatic rings. The SMILES string of the molecule is CCC(C)c1ccc(C(O)F)cc1. The molecular weight excluding hydrogens is 167 g/mol. The smallest absolute Gasteiger partial charge is 0.222 e. The number of halogens is 1. The Balaban J connectivity index is 2.81.